The van der Waals surface area contributed by atoms with E-state index >= 15 is 0 Å². The molecular weight excluding hydrogens is 362 g/mol. The van der Waals surface area contributed by atoms with Crippen molar-refractivity contribution >= 4 is 22.7 Å². The molecule has 0 atom stereocenters. The monoisotopic (exact) mass is 381 g/mol. The largest absolute Gasteiger partial charge is 0.473 e. The van der Waals surface area contributed by atoms with Crippen LogP contribution in [0.4, 0.5) is 0 Å². The summed E-state index contributed by atoms with van der Waals surface area (Å²) in [6.07, 6.45) is 0. The molecule has 7 nitrogen and oxygen atoms in total. The first-order chi connectivity index (χ1) is 13.5. The highest BCUT2D eigenvalue weighted by molar-refractivity contribution is 6.27. The molecule has 0 amide bonds. The molecule has 3 N–H and O–H groups in total. The molecule has 0 unspecified atom stereocenters. The van der Waals surface area contributed by atoms with Crippen molar-refractivity contribution in [3.05, 3.63) is 71.8 Å². The fourth-order valence-corrected chi connectivity index (χ4v) is 2.84. The molecule has 28 heavy (non-hydrogen) atoms. The Morgan fingerprint density at radius 2 is 1.57 bits per heavy atom. The van der Waals surface area contributed by atoms with Gasteiger partial charge in [-0.2, -0.15) is 0 Å². The Kier molecular flexibility index (Phi) is 6.08. The number of carbonyl (C=O) groups is 2. The van der Waals surface area contributed by atoms with Gasteiger partial charge < -0.3 is 25.0 Å². The topological polar surface area (TPSA) is 105 Å². The van der Waals surface area contributed by atoms with Gasteiger partial charge in [0.05, 0.1) is 0 Å². The van der Waals surface area contributed by atoms with Crippen LogP contribution in [0.3, 0.4) is 0 Å². The average Bonchev–Trinajstić information content (AvgIpc) is 3.16. The quantitative estimate of drug-likeness (QED) is 0.597. The molecule has 3 aromatic carbocycles. The summed E-state index contributed by atoms with van der Waals surface area (Å²) in [5, 5.41) is 20.9. The number of aliphatic carboxylic acids is 2. The third-order valence-corrected chi connectivity index (χ3v) is 4.14. The minimum absolute atomic E-state index is 0.322. The second kappa shape index (κ2) is 8.88. The summed E-state index contributed by atoms with van der Waals surface area (Å²) in [7, 11) is 0. The van der Waals surface area contributed by atoms with Crippen LogP contribution in [-0.4, -0.2) is 28.9 Å². The molecule has 4 rings (SSSR count). The van der Waals surface area contributed by atoms with Crippen molar-refractivity contribution in [1.29, 1.82) is 0 Å². The van der Waals surface area contributed by atoms with Gasteiger partial charge in [0.15, 0.2) is 11.5 Å². The Morgan fingerprint density at radius 3 is 2.36 bits per heavy atom. The molecule has 0 spiro atoms. The van der Waals surface area contributed by atoms with Crippen LogP contribution < -0.4 is 14.8 Å². The van der Waals surface area contributed by atoms with Crippen LogP contribution in [0, 0.1) is 0 Å². The lowest BCUT2D eigenvalue weighted by Gasteiger charge is -2.09. The van der Waals surface area contributed by atoms with Crippen molar-refractivity contribution in [2.75, 3.05) is 6.79 Å². The number of hydrogen-bond donors (Lipinski definition) is 3. The molecule has 0 saturated heterocycles. The number of carboxylic acid groups (broad SMARTS) is 2. The molecule has 0 saturated carbocycles. The van der Waals surface area contributed by atoms with Crippen LogP contribution >= 0.6 is 0 Å². The molecule has 7 heteroatoms. The van der Waals surface area contributed by atoms with Gasteiger partial charge in [0.1, 0.15) is 0 Å². The molecule has 0 fully saturated rings. The summed E-state index contributed by atoms with van der Waals surface area (Å²) in [5.74, 6) is -1.98. The Labute approximate surface area is 161 Å². The molecule has 0 radical (unpaired) electrons. The van der Waals surface area contributed by atoms with E-state index in [-0.39, 0.29) is 0 Å². The van der Waals surface area contributed by atoms with Crippen molar-refractivity contribution in [2.24, 2.45) is 0 Å². The van der Waals surface area contributed by atoms with Crippen LogP contribution in [0.1, 0.15) is 11.1 Å². The molecular formula is C21H19NO6. The van der Waals surface area contributed by atoms with Gasteiger partial charge in [0, 0.05) is 13.1 Å². The first kappa shape index (κ1) is 19.2. The zero-order valence-corrected chi connectivity index (χ0v) is 14.9. The van der Waals surface area contributed by atoms with Crippen molar-refractivity contribution < 1.29 is 29.3 Å². The van der Waals surface area contributed by atoms with E-state index < -0.39 is 11.9 Å². The third-order valence-electron chi connectivity index (χ3n) is 4.14. The number of nitrogens with one attached hydrogen (secondary N) is 1. The molecule has 0 aliphatic carbocycles. The van der Waals surface area contributed by atoms with Crippen molar-refractivity contribution in [2.45, 2.75) is 13.1 Å². The van der Waals surface area contributed by atoms with Crippen LogP contribution in [0.2, 0.25) is 0 Å². The maximum atomic E-state index is 9.10. The fraction of sp³-hybridized carbons (Fsp3) is 0.143. The summed E-state index contributed by atoms with van der Waals surface area (Å²) in [6, 6.07) is 21.0. The van der Waals surface area contributed by atoms with Gasteiger partial charge in [-0.05, 0) is 34.0 Å². The van der Waals surface area contributed by atoms with Crippen LogP contribution in [0.5, 0.6) is 11.5 Å². The van der Waals surface area contributed by atoms with Gasteiger partial charge in [-0.25, -0.2) is 9.59 Å². The van der Waals surface area contributed by atoms with Crippen molar-refractivity contribution in [1.82, 2.24) is 5.32 Å². The highest BCUT2D eigenvalue weighted by Gasteiger charge is 2.12. The molecule has 144 valence electrons. The fourth-order valence-electron chi connectivity index (χ4n) is 2.84. The predicted molar refractivity (Wildman–Crippen MR) is 102 cm³/mol. The van der Waals surface area contributed by atoms with E-state index in [1.165, 1.54) is 21.9 Å². The zero-order valence-electron chi connectivity index (χ0n) is 14.9. The molecule has 0 bridgehead atoms. The molecule has 1 heterocycles. The van der Waals surface area contributed by atoms with Crippen LogP contribution in [0.15, 0.2) is 60.7 Å². The second-order valence-electron chi connectivity index (χ2n) is 6.04. The first-order valence-corrected chi connectivity index (χ1v) is 8.56. The Bertz CT molecular complexity index is 984. The van der Waals surface area contributed by atoms with E-state index in [2.05, 4.69) is 53.8 Å². The normalized spacial score (nSPS) is 11.6. The highest BCUT2D eigenvalue weighted by Crippen LogP contribution is 2.32. The Hall–Kier alpha value is -3.58. The number of rotatable bonds is 4. The SMILES string of the molecule is O=C(O)C(=O)O.c1ccc2c(CNCc3ccc4c(c3)OCO4)cccc2c1. The zero-order chi connectivity index (χ0) is 19.9. The van der Waals surface area contributed by atoms with Gasteiger partial charge in [-0.1, -0.05) is 48.5 Å². The number of carboxylic acids is 2. The maximum Gasteiger partial charge on any atom is 0.414 e. The second-order valence-corrected chi connectivity index (χ2v) is 6.04. The smallest absolute Gasteiger partial charge is 0.414 e. The van der Waals surface area contributed by atoms with Gasteiger partial charge in [0.25, 0.3) is 0 Å². The third kappa shape index (κ3) is 4.77. The van der Waals surface area contributed by atoms with Gasteiger partial charge in [0.2, 0.25) is 6.79 Å². The standard InChI is InChI=1S/C19H17NO2.C2H2O4/c1-2-7-17-15(4-1)5-3-6-16(17)12-20-11-14-8-9-18-19(10-14)22-13-21-18;3-1(4)2(5)6/h1-10,20H,11-13H2;(H,3,4)(H,5,6). The van der Waals surface area contributed by atoms with E-state index in [0.29, 0.717) is 6.79 Å². The van der Waals surface area contributed by atoms with E-state index in [4.69, 9.17) is 29.3 Å². The van der Waals surface area contributed by atoms with Crippen LogP contribution in [-0.2, 0) is 22.7 Å². The van der Waals surface area contributed by atoms with E-state index in [1.54, 1.807) is 0 Å². The minimum atomic E-state index is -1.82. The van der Waals surface area contributed by atoms with E-state index in [0.717, 1.165) is 24.6 Å². The number of fused-ring (bicyclic) bond motifs is 2. The minimum Gasteiger partial charge on any atom is -0.473 e. The van der Waals surface area contributed by atoms with E-state index in [9.17, 15) is 0 Å². The Balaban J connectivity index is 0.000000330. The lowest BCUT2D eigenvalue weighted by Crippen LogP contribution is -2.12. The predicted octanol–water partition coefficient (Wildman–Crippen LogP) is 3.01. The average molecular weight is 381 g/mol. The molecule has 1 aliphatic rings. The number of hydrogen-bond acceptors (Lipinski definition) is 5. The summed E-state index contributed by atoms with van der Waals surface area (Å²) in [5.41, 5.74) is 2.52. The lowest BCUT2D eigenvalue weighted by atomic mass is 10.0. The molecule has 3 aromatic rings. The Morgan fingerprint density at radius 1 is 0.857 bits per heavy atom. The highest BCUT2D eigenvalue weighted by atomic mass is 16.7. The number of ether oxygens (including phenoxy) is 2. The summed E-state index contributed by atoms with van der Waals surface area (Å²) in [4.78, 5) is 18.2. The first-order valence-electron chi connectivity index (χ1n) is 8.56. The van der Waals surface area contributed by atoms with Crippen molar-refractivity contribution in [3.63, 3.8) is 0 Å². The van der Waals surface area contributed by atoms with E-state index in [1.807, 2.05) is 12.1 Å². The maximum absolute atomic E-state index is 9.10. The number of benzene rings is 3. The van der Waals surface area contributed by atoms with Gasteiger partial charge in [-0.15, -0.1) is 0 Å². The molecule has 0 aromatic heterocycles. The van der Waals surface area contributed by atoms with Crippen LogP contribution in [0.25, 0.3) is 10.8 Å². The molecule has 1 aliphatic heterocycles. The van der Waals surface area contributed by atoms with Gasteiger partial charge >= 0.3 is 11.9 Å². The lowest BCUT2D eigenvalue weighted by molar-refractivity contribution is -0.159. The summed E-state index contributed by atoms with van der Waals surface area (Å²) in [6.45, 7) is 1.97. The summed E-state index contributed by atoms with van der Waals surface area (Å²) >= 11 is 0. The van der Waals surface area contributed by atoms with Crippen molar-refractivity contribution in [3.8, 4) is 11.5 Å². The summed E-state index contributed by atoms with van der Waals surface area (Å²) < 4.78 is 10.7. The van der Waals surface area contributed by atoms with Gasteiger partial charge in [-0.3, -0.25) is 0 Å².